The molecule has 0 aliphatic carbocycles. The zero-order valence-corrected chi connectivity index (χ0v) is 5.71. The summed E-state index contributed by atoms with van der Waals surface area (Å²) in [6.45, 7) is 0. The third-order valence-corrected chi connectivity index (χ3v) is 1.46. The predicted molar refractivity (Wildman–Crippen MR) is 35.5 cm³/mol. The van der Waals surface area contributed by atoms with Gasteiger partial charge in [0.2, 0.25) is 5.95 Å². The van der Waals surface area contributed by atoms with Gasteiger partial charge in [0, 0.05) is 0 Å². The molecule has 1 unspecified atom stereocenters. The molecule has 1 aromatic rings. The summed E-state index contributed by atoms with van der Waals surface area (Å²) in [5, 5.41) is 0. The van der Waals surface area contributed by atoms with Crippen molar-refractivity contribution in [2.45, 2.75) is 4.90 Å². The summed E-state index contributed by atoms with van der Waals surface area (Å²) >= 11 is -2.02. The van der Waals surface area contributed by atoms with Gasteiger partial charge in [-0.15, -0.1) is 0 Å². The van der Waals surface area contributed by atoms with Crippen LogP contribution in [0.4, 0.5) is 5.95 Å². The second kappa shape index (κ2) is 2.72. The zero-order valence-electron chi connectivity index (χ0n) is 4.89. The first-order valence-corrected chi connectivity index (χ1v) is 3.49. The van der Waals surface area contributed by atoms with E-state index in [4.69, 9.17) is 10.3 Å². The van der Waals surface area contributed by atoms with Gasteiger partial charge in [0.05, 0.1) is 12.4 Å². The van der Waals surface area contributed by atoms with E-state index in [-0.39, 0.29) is 10.8 Å². The summed E-state index contributed by atoms with van der Waals surface area (Å²) in [7, 11) is 0. The fourth-order valence-corrected chi connectivity index (χ4v) is 0.702. The lowest BCUT2D eigenvalue weighted by Crippen LogP contribution is -1.96. The van der Waals surface area contributed by atoms with Gasteiger partial charge >= 0.3 is 0 Å². The highest BCUT2D eigenvalue weighted by Crippen LogP contribution is 1.99. The molecule has 1 aromatic heterocycles. The molecule has 0 fully saturated rings. The van der Waals surface area contributed by atoms with Gasteiger partial charge in [-0.1, -0.05) is 0 Å². The summed E-state index contributed by atoms with van der Waals surface area (Å²) in [4.78, 5) is 7.18. The normalized spacial score (nSPS) is 12.9. The van der Waals surface area contributed by atoms with Crippen LogP contribution in [0.3, 0.4) is 0 Å². The third kappa shape index (κ3) is 1.49. The van der Waals surface area contributed by atoms with Crippen molar-refractivity contribution in [3.05, 3.63) is 12.4 Å². The van der Waals surface area contributed by atoms with E-state index in [1.807, 2.05) is 0 Å². The third-order valence-electron chi connectivity index (χ3n) is 0.850. The summed E-state index contributed by atoms with van der Waals surface area (Å²) in [5.41, 5.74) is 5.12. The van der Waals surface area contributed by atoms with Gasteiger partial charge in [-0.2, -0.15) is 0 Å². The smallest absolute Gasteiger partial charge is 0.219 e. The maximum Gasteiger partial charge on any atom is 0.219 e. The second-order valence-electron chi connectivity index (χ2n) is 1.53. The van der Waals surface area contributed by atoms with Crippen molar-refractivity contribution >= 4 is 17.0 Å². The van der Waals surface area contributed by atoms with E-state index in [2.05, 4.69) is 9.97 Å². The molecular weight excluding hydrogens is 154 g/mol. The monoisotopic (exact) mass is 159 g/mol. The SMILES string of the molecule is Nc1ncc(S(=O)O)cn1. The van der Waals surface area contributed by atoms with Crippen molar-refractivity contribution in [1.29, 1.82) is 0 Å². The Morgan fingerprint density at radius 3 is 2.40 bits per heavy atom. The zero-order chi connectivity index (χ0) is 7.56. The van der Waals surface area contributed by atoms with Gasteiger partial charge in [0.15, 0.2) is 11.1 Å². The van der Waals surface area contributed by atoms with Crippen LogP contribution in [0.25, 0.3) is 0 Å². The Bertz CT molecular complexity index is 247. The van der Waals surface area contributed by atoms with Gasteiger partial charge in [-0.3, -0.25) is 0 Å². The minimum atomic E-state index is -2.02. The highest BCUT2D eigenvalue weighted by atomic mass is 32.2. The van der Waals surface area contributed by atoms with Crippen molar-refractivity contribution < 1.29 is 8.76 Å². The summed E-state index contributed by atoms with van der Waals surface area (Å²) in [6.07, 6.45) is 2.41. The Morgan fingerprint density at radius 2 is 2.00 bits per heavy atom. The van der Waals surface area contributed by atoms with Gasteiger partial charge in [-0.25, -0.2) is 14.2 Å². The van der Waals surface area contributed by atoms with Gasteiger partial charge in [-0.05, 0) is 0 Å². The molecule has 6 heteroatoms. The van der Waals surface area contributed by atoms with E-state index in [0.29, 0.717) is 0 Å². The van der Waals surface area contributed by atoms with Crippen LogP contribution in [-0.4, -0.2) is 18.7 Å². The molecule has 0 saturated carbocycles. The number of nitrogens with zero attached hydrogens (tertiary/aromatic N) is 2. The molecule has 0 amide bonds. The van der Waals surface area contributed by atoms with Crippen LogP contribution in [0.5, 0.6) is 0 Å². The molecule has 10 heavy (non-hydrogen) atoms. The van der Waals surface area contributed by atoms with E-state index in [1.165, 1.54) is 12.4 Å². The molecule has 1 rings (SSSR count). The van der Waals surface area contributed by atoms with Crippen LogP contribution in [0.1, 0.15) is 0 Å². The minimum absolute atomic E-state index is 0.0919. The Morgan fingerprint density at radius 1 is 1.50 bits per heavy atom. The minimum Gasteiger partial charge on any atom is -0.368 e. The fourth-order valence-electron chi connectivity index (χ4n) is 0.416. The highest BCUT2D eigenvalue weighted by Gasteiger charge is 1.98. The number of aromatic nitrogens is 2. The van der Waals surface area contributed by atoms with Crippen molar-refractivity contribution in [3.63, 3.8) is 0 Å². The Labute approximate surface area is 59.6 Å². The highest BCUT2D eigenvalue weighted by molar-refractivity contribution is 7.79. The molecule has 5 nitrogen and oxygen atoms in total. The van der Waals surface area contributed by atoms with Gasteiger partial charge in [0.1, 0.15) is 4.90 Å². The summed E-state index contributed by atoms with van der Waals surface area (Å²) in [5.74, 6) is 0.0919. The molecule has 1 atom stereocenters. The largest absolute Gasteiger partial charge is 0.368 e. The molecular formula is C4H5N3O2S. The molecule has 0 aliphatic rings. The number of rotatable bonds is 1. The lowest BCUT2D eigenvalue weighted by molar-refractivity contribution is 0.563. The van der Waals surface area contributed by atoms with Crippen LogP contribution in [0.2, 0.25) is 0 Å². The second-order valence-corrected chi connectivity index (χ2v) is 2.50. The van der Waals surface area contributed by atoms with Crippen LogP contribution < -0.4 is 5.73 Å². The van der Waals surface area contributed by atoms with Crippen molar-refractivity contribution in [3.8, 4) is 0 Å². The molecule has 1 heterocycles. The summed E-state index contributed by atoms with van der Waals surface area (Å²) in [6, 6.07) is 0. The predicted octanol–water partition coefficient (Wildman–Crippen LogP) is -0.361. The number of nitrogen functional groups attached to an aromatic ring is 1. The molecule has 0 spiro atoms. The standard InChI is InChI=1S/C4H5N3O2S/c5-4-6-1-3(2-7-4)10(8)9/h1-2H,(H,8,9)(H2,5,6,7). The maximum atomic E-state index is 10.3. The van der Waals surface area contributed by atoms with Crippen molar-refractivity contribution in [2.24, 2.45) is 0 Å². The molecule has 0 saturated heterocycles. The first-order chi connectivity index (χ1) is 4.70. The van der Waals surface area contributed by atoms with E-state index < -0.39 is 11.1 Å². The molecule has 0 aliphatic heterocycles. The van der Waals surface area contributed by atoms with E-state index >= 15 is 0 Å². The average Bonchev–Trinajstić information content (AvgIpc) is 1.88. The molecule has 0 aromatic carbocycles. The lowest BCUT2D eigenvalue weighted by atomic mass is 10.7. The van der Waals surface area contributed by atoms with Gasteiger partial charge < -0.3 is 10.3 Å². The Hall–Kier alpha value is -1.01. The first kappa shape index (κ1) is 7.10. The molecule has 0 radical (unpaired) electrons. The quantitative estimate of drug-likeness (QED) is 0.546. The molecule has 0 bridgehead atoms. The van der Waals surface area contributed by atoms with Crippen LogP contribution in [0.15, 0.2) is 17.3 Å². The van der Waals surface area contributed by atoms with Gasteiger partial charge in [0.25, 0.3) is 0 Å². The fraction of sp³-hybridized carbons (Fsp3) is 0. The van der Waals surface area contributed by atoms with Crippen molar-refractivity contribution in [2.75, 3.05) is 5.73 Å². The topological polar surface area (TPSA) is 89.1 Å². The number of anilines is 1. The summed E-state index contributed by atoms with van der Waals surface area (Å²) < 4.78 is 18.8. The number of hydrogen-bond donors (Lipinski definition) is 2. The lowest BCUT2D eigenvalue weighted by Gasteiger charge is -1.91. The maximum absolute atomic E-state index is 10.3. The van der Waals surface area contributed by atoms with Crippen LogP contribution >= 0.6 is 0 Å². The Balaban J connectivity index is 3.00. The molecule has 54 valence electrons. The first-order valence-electron chi connectivity index (χ1n) is 2.38. The number of hydrogen-bond acceptors (Lipinski definition) is 4. The van der Waals surface area contributed by atoms with Crippen LogP contribution in [-0.2, 0) is 11.1 Å². The molecule has 3 N–H and O–H groups in total. The van der Waals surface area contributed by atoms with Crippen LogP contribution in [0, 0.1) is 0 Å². The van der Waals surface area contributed by atoms with E-state index in [0.717, 1.165) is 0 Å². The average molecular weight is 159 g/mol. The van der Waals surface area contributed by atoms with Crippen molar-refractivity contribution in [1.82, 2.24) is 9.97 Å². The van der Waals surface area contributed by atoms with E-state index in [1.54, 1.807) is 0 Å². The number of nitrogens with two attached hydrogens (primary N) is 1. The Kier molecular flexibility index (Phi) is 1.93. The van der Waals surface area contributed by atoms with E-state index in [9.17, 15) is 4.21 Å².